The number of aromatic nitrogens is 2. The van der Waals surface area contributed by atoms with E-state index in [0.717, 1.165) is 0 Å². The largest absolute Gasteiger partial charge is 0.345 e. The van der Waals surface area contributed by atoms with Crippen molar-refractivity contribution >= 4 is 11.8 Å². The molecule has 0 bridgehead atoms. The highest BCUT2D eigenvalue weighted by atomic mass is 16.6. The van der Waals surface area contributed by atoms with Crippen LogP contribution in [0.4, 0.5) is 0 Å². The van der Waals surface area contributed by atoms with Crippen molar-refractivity contribution in [3.63, 3.8) is 0 Å². The lowest BCUT2D eigenvalue weighted by Crippen LogP contribution is -1.97. The third-order valence-corrected chi connectivity index (χ3v) is 2.08. The van der Waals surface area contributed by atoms with E-state index in [4.69, 9.17) is 0 Å². The van der Waals surface area contributed by atoms with Gasteiger partial charge in [-0.2, -0.15) is 0 Å². The number of benzene rings is 1. The van der Waals surface area contributed by atoms with Gasteiger partial charge in [0.1, 0.15) is 0 Å². The second-order valence-electron chi connectivity index (χ2n) is 3.16. The van der Waals surface area contributed by atoms with Crippen LogP contribution < -0.4 is 0 Å². The Kier molecular flexibility index (Phi) is 2.77. The van der Waals surface area contributed by atoms with E-state index in [1.54, 1.807) is 24.3 Å². The molecule has 1 N–H and O–H groups in total. The fourth-order valence-corrected chi connectivity index (χ4v) is 1.34. The molecule has 1 heterocycles. The van der Waals surface area contributed by atoms with Gasteiger partial charge in [-0.1, -0.05) is 18.2 Å². The van der Waals surface area contributed by atoms with E-state index in [1.165, 1.54) is 18.6 Å². The summed E-state index contributed by atoms with van der Waals surface area (Å²) in [4.78, 5) is 17.1. The minimum atomic E-state index is -0.407. The Hall–Kier alpha value is -2.43. The van der Waals surface area contributed by atoms with Crippen LogP contribution in [-0.4, -0.2) is 14.9 Å². The zero-order chi connectivity index (χ0) is 11.4. The van der Waals surface area contributed by atoms with Crippen LogP contribution in [0.3, 0.4) is 0 Å². The topological polar surface area (TPSA) is 71.8 Å². The van der Waals surface area contributed by atoms with E-state index >= 15 is 0 Å². The molecule has 0 aliphatic rings. The van der Waals surface area contributed by atoms with Gasteiger partial charge in [0.15, 0.2) is 0 Å². The lowest BCUT2D eigenvalue weighted by molar-refractivity contribution is -0.374. The van der Waals surface area contributed by atoms with Crippen LogP contribution in [0.5, 0.6) is 0 Å². The highest BCUT2D eigenvalue weighted by Crippen LogP contribution is 2.17. The van der Waals surface area contributed by atoms with Crippen molar-refractivity contribution in [3.05, 3.63) is 64.2 Å². The minimum absolute atomic E-state index is 0.0462. The van der Waals surface area contributed by atoms with Gasteiger partial charge in [0, 0.05) is 6.08 Å². The zero-order valence-electron chi connectivity index (χ0n) is 8.33. The molecular weight excluding hydrogens is 206 g/mol. The van der Waals surface area contributed by atoms with Crippen LogP contribution in [0.2, 0.25) is 0 Å². The number of nitrogens with one attached hydrogen (secondary N) is 1. The number of rotatable bonds is 3. The molecule has 1 aromatic heterocycles. The number of H-pyrrole nitrogens is 1. The molecular formula is C11H9N3O2. The molecule has 80 valence electrons. The predicted octanol–water partition coefficient (Wildman–Crippen LogP) is 2.18. The first kappa shape index (κ1) is 10.1. The molecule has 1 aromatic carbocycles. The molecule has 0 unspecified atom stereocenters. The average molecular weight is 215 g/mol. The summed E-state index contributed by atoms with van der Waals surface area (Å²) in [5.74, 6) is 0. The molecule has 16 heavy (non-hydrogen) atoms. The SMILES string of the molecule is O=[N+]([O-])/C(=C/c1cnc[nH]1)c1ccccc1. The second-order valence-corrected chi connectivity index (χ2v) is 3.16. The summed E-state index contributed by atoms with van der Waals surface area (Å²) in [5, 5.41) is 10.9. The molecule has 0 saturated heterocycles. The van der Waals surface area contributed by atoms with Crippen LogP contribution in [0.1, 0.15) is 11.3 Å². The summed E-state index contributed by atoms with van der Waals surface area (Å²) in [7, 11) is 0. The summed E-state index contributed by atoms with van der Waals surface area (Å²) in [6.07, 6.45) is 4.48. The summed E-state index contributed by atoms with van der Waals surface area (Å²) in [6, 6.07) is 8.74. The molecule has 5 heteroatoms. The monoisotopic (exact) mass is 215 g/mol. The molecule has 0 aliphatic carbocycles. The van der Waals surface area contributed by atoms with E-state index < -0.39 is 4.92 Å². The summed E-state index contributed by atoms with van der Waals surface area (Å²) in [6.45, 7) is 0. The van der Waals surface area contributed by atoms with Crippen LogP contribution in [0, 0.1) is 10.1 Å². The van der Waals surface area contributed by atoms with Crippen molar-refractivity contribution in [2.24, 2.45) is 0 Å². The van der Waals surface area contributed by atoms with Crippen molar-refractivity contribution in [2.75, 3.05) is 0 Å². The lowest BCUT2D eigenvalue weighted by Gasteiger charge is -1.97. The van der Waals surface area contributed by atoms with Crippen molar-refractivity contribution in [2.45, 2.75) is 0 Å². The van der Waals surface area contributed by atoms with Gasteiger partial charge in [-0.15, -0.1) is 0 Å². The number of aromatic amines is 1. The normalized spacial score (nSPS) is 11.4. The van der Waals surface area contributed by atoms with Gasteiger partial charge in [0.05, 0.1) is 28.7 Å². The Morgan fingerprint density at radius 1 is 1.38 bits per heavy atom. The van der Waals surface area contributed by atoms with Gasteiger partial charge in [-0.05, 0) is 12.1 Å². The van der Waals surface area contributed by atoms with E-state index in [-0.39, 0.29) is 5.70 Å². The number of nitrogens with zero attached hydrogens (tertiary/aromatic N) is 2. The molecule has 2 rings (SSSR count). The van der Waals surface area contributed by atoms with Crippen molar-refractivity contribution in [1.82, 2.24) is 9.97 Å². The Balaban J connectivity index is 2.43. The Bertz CT molecular complexity index is 503. The van der Waals surface area contributed by atoms with Gasteiger partial charge in [0.2, 0.25) is 0 Å². The van der Waals surface area contributed by atoms with Crippen molar-refractivity contribution in [1.29, 1.82) is 0 Å². The third kappa shape index (κ3) is 2.14. The van der Waals surface area contributed by atoms with Crippen LogP contribution in [-0.2, 0) is 0 Å². The maximum absolute atomic E-state index is 10.9. The molecule has 0 saturated carbocycles. The van der Waals surface area contributed by atoms with E-state index in [2.05, 4.69) is 9.97 Å². The quantitative estimate of drug-likeness (QED) is 0.630. The Morgan fingerprint density at radius 3 is 2.69 bits per heavy atom. The van der Waals surface area contributed by atoms with Gasteiger partial charge in [-0.25, -0.2) is 4.98 Å². The van der Waals surface area contributed by atoms with Crippen LogP contribution >= 0.6 is 0 Å². The minimum Gasteiger partial charge on any atom is -0.345 e. The molecule has 0 aliphatic heterocycles. The van der Waals surface area contributed by atoms with Gasteiger partial charge >= 0.3 is 0 Å². The number of imidazole rings is 1. The zero-order valence-corrected chi connectivity index (χ0v) is 8.33. The first-order valence-electron chi connectivity index (χ1n) is 4.67. The number of hydrogen-bond donors (Lipinski definition) is 1. The van der Waals surface area contributed by atoms with Gasteiger partial charge < -0.3 is 4.98 Å². The highest BCUT2D eigenvalue weighted by molar-refractivity contribution is 5.74. The fraction of sp³-hybridized carbons (Fsp3) is 0. The highest BCUT2D eigenvalue weighted by Gasteiger charge is 2.13. The average Bonchev–Trinajstić information content (AvgIpc) is 2.79. The molecule has 0 spiro atoms. The van der Waals surface area contributed by atoms with Crippen molar-refractivity contribution in [3.8, 4) is 0 Å². The van der Waals surface area contributed by atoms with E-state index in [0.29, 0.717) is 11.3 Å². The molecule has 0 atom stereocenters. The maximum Gasteiger partial charge on any atom is 0.278 e. The summed E-state index contributed by atoms with van der Waals surface area (Å²) < 4.78 is 0. The second kappa shape index (κ2) is 4.39. The number of hydrogen-bond acceptors (Lipinski definition) is 3. The lowest BCUT2D eigenvalue weighted by atomic mass is 10.1. The summed E-state index contributed by atoms with van der Waals surface area (Å²) >= 11 is 0. The molecule has 0 radical (unpaired) electrons. The van der Waals surface area contributed by atoms with Gasteiger partial charge in [0.25, 0.3) is 5.70 Å². The smallest absolute Gasteiger partial charge is 0.278 e. The molecule has 5 nitrogen and oxygen atoms in total. The Morgan fingerprint density at radius 2 is 2.12 bits per heavy atom. The van der Waals surface area contributed by atoms with Crippen LogP contribution in [0.25, 0.3) is 11.8 Å². The fourth-order valence-electron chi connectivity index (χ4n) is 1.34. The Labute approximate surface area is 91.6 Å². The van der Waals surface area contributed by atoms with Crippen LogP contribution in [0.15, 0.2) is 42.9 Å². The predicted molar refractivity (Wildman–Crippen MR) is 59.9 cm³/mol. The third-order valence-electron chi connectivity index (χ3n) is 2.08. The molecule has 0 amide bonds. The van der Waals surface area contributed by atoms with Gasteiger partial charge in [-0.3, -0.25) is 10.1 Å². The number of nitro groups is 1. The standard InChI is InChI=1S/C11H9N3O2/c15-14(16)11(6-10-7-12-8-13-10)9-4-2-1-3-5-9/h1-8H,(H,12,13)/b11-6+. The van der Waals surface area contributed by atoms with Crippen molar-refractivity contribution < 1.29 is 4.92 Å². The first-order valence-corrected chi connectivity index (χ1v) is 4.67. The first-order chi connectivity index (χ1) is 7.77. The molecule has 0 fully saturated rings. The van der Waals surface area contributed by atoms with E-state index in [1.807, 2.05) is 6.07 Å². The summed E-state index contributed by atoms with van der Waals surface area (Å²) in [5.41, 5.74) is 1.22. The maximum atomic E-state index is 10.9. The molecule has 2 aromatic rings. The van der Waals surface area contributed by atoms with E-state index in [9.17, 15) is 10.1 Å².